The Kier molecular flexibility index (Phi) is 6.10. The highest BCUT2D eigenvalue weighted by atomic mass is 35.5. The summed E-state index contributed by atoms with van der Waals surface area (Å²) in [5, 5.41) is 0.844. The minimum Gasteiger partial charge on any atom is -0.396 e. The third-order valence-electron chi connectivity index (χ3n) is 5.14. The van der Waals surface area contributed by atoms with Crippen molar-refractivity contribution in [2.24, 2.45) is 0 Å². The number of rotatable bonds is 6. The molecule has 0 fully saturated rings. The predicted molar refractivity (Wildman–Crippen MR) is 125 cm³/mol. The van der Waals surface area contributed by atoms with Crippen LogP contribution in [0.15, 0.2) is 103 Å². The molecule has 150 valence electrons. The fraction of sp³-hybridized carbons (Fsp3) is 0.0769. The Morgan fingerprint density at radius 2 is 1.00 bits per heavy atom. The van der Waals surface area contributed by atoms with Crippen molar-refractivity contribution in [2.45, 2.75) is 12.2 Å². The first-order chi connectivity index (χ1) is 14.6. The van der Waals surface area contributed by atoms with Crippen molar-refractivity contribution in [3.63, 3.8) is 0 Å². The number of ether oxygens (including phenoxy) is 1. The number of hydrogen-bond acceptors (Lipinski definition) is 2. The summed E-state index contributed by atoms with van der Waals surface area (Å²) in [7, 11) is 0. The van der Waals surface area contributed by atoms with E-state index in [0.717, 1.165) is 22.3 Å². The van der Waals surface area contributed by atoms with E-state index >= 15 is 0 Å². The van der Waals surface area contributed by atoms with E-state index in [1.807, 2.05) is 54.6 Å². The maximum absolute atomic E-state index is 6.77. The van der Waals surface area contributed by atoms with E-state index in [1.54, 1.807) is 12.1 Å². The van der Waals surface area contributed by atoms with Gasteiger partial charge in [-0.05, 0) is 34.4 Å². The van der Waals surface area contributed by atoms with E-state index in [9.17, 15) is 0 Å². The highest BCUT2D eigenvalue weighted by molar-refractivity contribution is 6.38. The number of benzene rings is 4. The molecule has 0 amide bonds. The van der Waals surface area contributed by atoms with E-state index in [4.69, 9.17) is 33.7 Å². The normalized spacial score (nSPS) is 11.4. The maximum Gasteiger partial charge on any atom is 0.144 e. The molecule has 30 heavy (non-hydrogen) atoms. The van der Waals surface area contributed by atoms with Crippen molar-refractivity contribution < 1.29 is 4.74 Å². The minimum absolute atomic E-state index is 0.304. The van der Waals surface area contributed by atoms with E-state index in [0.29, 0.717) is 22.3 Å². The molecular weight excluding hydrogens is 413 g/mol. The number of nitrogens with two attached hydrogens (primary N) is 1. The van der Waals surface area contributed by atoms with Crippen LogP contribution in [-0.4, -0.2) is 0 Å². The molecule has 4 heteroatoms. The zero-order valence-electron chi connectivity index (χ0n) is 16.3. The van der Waals surface area contributed by atoms with Crippen LogP contribution in [0.2, 0.25) is 10.0 Å². The third-order valence-corrected chi connectivity index (χ3v) is 5.76. The van der Waals surface area contributed by atoms with Crippen molar-refractivity contribution in [3.8, 4) is 0 Å². The van der Waals surface area contributed by atoms with Gasteiger partial charge in [0.15, 0.2) is 0 Å². The molecule has 0 heterocycles. The summed E-state index contributed by atoms with van der Waals surface area (Å²) in [6.07, 6.45) is 0. The zero-order chi connectivity index (χ0) is 21.0. The fourth-order valence-electron chi connectivity index (χ4n) is 3.68. The smallest absolute Gasteiger partial charge is 0.144 e. The van der Waals surface area contributed by atoms with Gasteiger partial charge < -0.3 is 10.5 Å². The first-order valence-corrected chi connectivity index (χ1v) is 10.4. The van der Waals surface area contributed by atoms with E-state index in [2.05, 4.69) is 36.4 Å². The molecule has 0 spiro atoms. The van der Waals surface area contributed by atoms with Crippen LogP contribution in [0.3, 0.4) is 0 Å². The fourth-order valence-corrected chi connectivity index (χ4v) is 4.21. The van der Waals surface area contributed by atoms with Crippen LogP contribution < -0.4 is 5.73 Å². The Bertz CT molecular complexity index is 996. The van der Waals surface area contributed by atoms with Gasteiger partial charge in [-0.15, -0.1) is 0 Å². The molecule has 0 radical (unpaired) electrons. The molecule has 0 atom stereocenters. The summed E-state index contributed by atoms with van der Waals surface area (Å²) >= 11 is 12.5. The molecule has 2 N–H and O–H groups in total. The molecule has 0 bridgehead atoms. The van der Waals surface area contributed by atoms with Gasteiger partial charge >= 0.3 is 0 Å². The lowest BCUT2D eigenvalue weighted by atomic mass is 9.80. The molecule has 4 aromatic carbocycles. The molecule has 0 saturated heterocycles. The summed E-state index contributed by atoms with van der Waals surface area (Å²) in [5.74, 6) is 0. The first-order valence-electron chi connectivity index (χ1n) is 9.65. The number of hydrogen-bond donors (Lipinski definition) is 1. The summed E-state index contributed by atoms with van der Waals surface area (Å²) < 4.78 is 6.77. The molecule has 0 aliphatic rings. The Balaban J connectivity index is 1.87. The zero-order valence-corrected chi connectivity index (χ0v) is 17.8. The van der Waals surface area contributed by atoms with Crippen molar-refractivity contribution in [1.29, 1.82) is 0 Å². The van der Waals surface area contributed by atoms with Gasteiger partial charge in [0.05, 0.1) is 22.3 Å². The summed E-state index contributed by atoms with van der Waals surface area (Å²) in [6, 6.07) is 34.3. The van der Waals surface area contributed by atoms with Crippen molar-refractivity contribution >= 4 is 28.9 Å². The van der Waals surface area contributed by atoms with Gasteiger partial charge in [0, 0.05) is 0 Å². The lowest BCUT2D eigenvalue weighted by Gasteiger charge is -2.36. The van der Waals surface area contributed by atoms with Crippen LogP contribution in [0.5, 0.6) is 0 Å². The quantitative estimate of drug-likeness (QED) is 0.260. The molecule has 4 rings (SSSR count). The van der Waals surface area contributed by atoms with Crippen LogP contribution in [0, 0.1) is 0 Å². The molecule has 0 aliphatic heterocycles. The van der Waals surface area contributed by atoms with Crippen LogP contribution in [-0.2, 0) is 16.9 Å². The Labute approximate surface area is 186 Å². The van der Waals surface area contributed by atoms with Crippen molar-refractivity contribution in [1.82, 2.24) is 0 Å². The number of halogens is 2. The molecular formula is C26H21Cl2NO. The highest BCUT2D eigenvalue weighted by Gasteiger charge is 2.37. The third kappa shape index (κ3) is 3.95. The molecule has 0 aliphatic carbocycles. The van der Waals surface area contributed by atoms with Crippen LogP contribution in [0.4, 0.5) is 5.69 Å². The largest absolute Gasteiger partial charge is 0.396 e. The van der Waals surface area contributed by atoms with E-state index in [1.165, 1.54) is 0 Å². The van der Waals surface area contributed by atoms with Gasteiger partial charge in [0.2, 0.25) is 0 Å². The average Bonchev–Trinajstić information content (AvgIpc) is 2.80. The van der Waals surface area contributed by atoms with Crippen LogP contribution >= 0.6 is 23.2 Å². The average molecular weight is 434 g/mol. The lowest BCUT2D eigenvalue weighted by molar-refractivity contribution is 0.000253. The van der Waals surface area contributed by atoms with Gasteiger partial charge in [0.25, 0.3) is 0 Å². The second kappa shape index (κ2) is 8.93. The monoisotopic (exact) mass is 433 g/mol. The maximum atomic E-state index is 6.77. The van der Waals surface area contributed by atoms with Gasteiger partial charge in [-0.25, -0.2) is 0 Å². The minimum atomic E-state index is -0.801. The second-order valence-electron chi connectivity index (χ2n) is 7.04. The topological polar surface area (TPSA) is 35.2 Å². The Hall–Kier alpha value is -2.78. The van der Waals surface area contributed by atoms with Crippen LogP contribution in [0.25, 0.3) is 0 Å². The molecule has 4 aromatic rings. The lowest BCUT2D eigenvalue weighted by Crippen LogP contribution is -2.32. The summed E-state index contributed by atoms with van der Waals surface area (Å²) in [4.78, 5) is 0. The molecule has 2 nitrogen and oxygen atoms in total. The van der Waals surface area contributed by atoms with Gasteiger partial charge in [-0.2, -0.15) is 0 Å². The molecule has 0 unspecified atom stereocenters. The molecule has 0 saturated carbocycles. The Morgan fingerprint density at radius 1 is 0.633 bits per heavy atom. The number of nitrogen functional groups attached to an aromatic ring is 1. The number of anilines is 1. The van der Waals surface area contributed by atoms with Gasteiger partial charge in [-0.3, -0.25) is 0 Å². The molecule has 0 aromatic heterocycles. The summed E-state index contributed by atoms with van der Waals surface area (Å²) in [6.45, 7) is 0.304. The van der Waals surface area contributed by atoms with Gasteiger partial charge in [0.1, 0.15) is 5.60 Å². The van der Waals surface area contributed by atoms with Crippen molar-refractivity contribution in [2.75, 3.05) is 5.73 Å². The van der Waals surface area contributed by atoms with E-state index in [-0.39, 0.29) is 0 Å². The first kappa shape index (κ1) is 20.5. The standard InChI is InChI=1S/C26H21Cl2NO/c27-23-16-19(17-24(28)25(23)29)18-30-26(20-10-4-1-5-11-20,21-12-6-2-7-13-21)22-14-8-3-9-15-22/h1-17H,18,29H2. The Morgan fingerprint density at radius 3 is 1.37 bits per heavy atom. The second-order valence-corrected chi connectivity index (χ2v) is 7.86. The van der Waals surface area contributed by atoms with E-state index < -0.39 is 5.60 Å². The van der Waals surface area contributed by atoms with Crippen molar-refractivity contribution in [3.05, 3.63) is 135 Å². The summed E-state index contributed by atoms with van der Waals surface area (Å²) in [5.41, 5.74) is 9.44. The SMILES string of the molecule is Nc1c(Cl)cc(COC(c2ccccc2)(c2ccccc2)c2ccccc2)cc1Cl. The van der Waals surface area contributed by atoms with Gasteiger partial charge in [-0.1, -0.05) is 114 Å². The predicted octanol–water partition coefficient (Wildman–Crippen LogP) is 7.08. The van der Waals surface area contributed by atoms with Crippen LogP contribution in [0.1, 0.15) is 22.3 Å². The highest BCUT2D eigenvalue weighted by Crippen LogP contribution is 2.41.